The summed E-state index contributed by atoms with van der Waals surface area (Å²) < 4.78 is 2.14. The lowest BCUT2D eigenvalue weighted by Crippen LogP contribution is -2.36. The molecule has 0 spiro atoms. The van der Waals surface area contributed by atoms with E-state index in [1.54, 1.807) is 0 Å². The minimum atomic E-state index is -0.214. The van der Waals surface area contributed by atoms with E-state index in [1.807, 2.05) is 74.5 Å². The van der Waals surface area contributed by atoms with Gasteiger partial charge in [0, 0.05) is 17.6 Å². The zero-order valence-electron chi connectivity index (χ0n) is 23.0. The van der Waals surface area contributed by atoms with Gasteiger partial charge in [0.2, 0.25) is 5.91 Å². The highest BCUT2D eigenvalue weighted by Crippen LogP contribution is 2.38. The fraction of sp³-hybridized carbons (Fsp3) is 0.265. The normalized spacial score (nSPS) is 14.4. The first kappa shape index (κ1) is 25.8. The molecule has 5 aromatic rings. The number of carbonyl (C=O) groups excluding carboxylic acids is 1. The number of pyridine rings is 2. The molecule has 1 aliphatic carbocycles. The molecule has 1 fully saturated rings. The van der Waals surface area contributed by atoms with Crippen molar-refractivity contribution in [2.75, 3.05) is 5.43 Å². The number of benzene rings is 3. The number of nitrogens with one attached hydrogen (secondary N) is 2. The largest absolute Gasteiger partial charge is 0.321 e. The highest BCUT2D eigenvalue weighted by molar-refractivity contribution is 5.93. The predicted octanol–water partition coefficient (Wildman–Crippen LogP) is 6.63. The average molecular weight is 531 g/mol. The van der Waals surface area contributed by atoms with E-state index in [1.165, 1.54) is 0 Å². The second-order valence-corrected chi connectivity index (χ2v) is 11.0. The van der Waals surface area contributed by atoms with Crippen LogP contribution in [0.2, 0.25) is 0 Å². The van der Waals surface area contributed by atoms with Gasteiger partial charge in [-0.05, 0) is 79.6 Å². The summed E-state index contributed by atoms with van der Waals surface area (Å²) in [5.41, 5.74) is 12.4. The van der Waals surface area contributed by atoms with Gasteiger partial charge in [-0.1, -0.05) is 67.4 Å². The monoisotopic (exact) mass is 530 g/mol. The molecule has 2 heterocycles. The molecular formula is C34H34N4O2. The van der Waals surface area contributed by atoms with Crippen LogP contribution in [0.15, 0.2) is 89.7 Å². The Morgan fingerprint density at radius 2 is 1.65 bits per heavy atom. The van der Waals surface area contributed by atoms with Crippen LogP contribution in [0.5, 0.6) is 0 Å². The Balaban J connectivity index is 1.33. The standard InChI is InChI=1S/C34H34N4O2/c1-22-20-23(2)35-33-30(22)32(39)28-14-8-9-15-29(28)38(33)21-24-16-18-26(19-17-24)31(25-10-6-7-11-25)34(40)37-36-27-12-4-3-5-13-27/h3-5,8-9,12-20,25,31,36H,6-7,10-11,21H2,1-2H3,(H,37,40). The molecule has 6 heteroatoms. The zero-order valence-corrected chi connectivity index (χ0v) is 23.0. The number of fused-ring (bicyclic) bond motifs is 2. The van der Waals surface area contributed by atoms with E-state index in [0.717, 1.165) is 59.3 Å². The molecule has 6 nitrogen and oxygen atoms in total. The fourth-order valence-corrected chi connectivity index (χ4v) is 6.28. The Labute approximate surface area is 234 Å². The van der Waals surface area contributed by atoms with Crippen LogP contribution in [-0.2, 0) is 11.3 Å². The Kier molecular flexibility index (Phi) is 7.08. The molecule has 1 aliphatic rings. The molecule has 1 amide bonds. The Hall–Kier alpha value is -4.45. The number of aromatic nitrogens is 2. The summed E-state index contributed by atoms with van der Waals surface area (Å²) in [6, 6.07) is 27.8. The van der Waals surface area contributed by atoms with Crippen LogP contribution in [-0.4, -0.2) is 15.5 Å². The predicted molar refractivity (Wildman–Crippen MR) is 161 cm³/mol. The summed E-state index contributed by atoms with van der Waals surface area (Å²) in [5, 5.41) is 1.37. The number of aryl methyl sites for hydroxylation is 2. The van der Waals surface area contributed by atoms with Crippen molar-refractivity contribution in [3.8, 4) is 0 Å². The van der Waals surface area contributed by atoms with E-state index in [9.17, 15) is 9.59 Å². The van der Waals surface area contributed by atoms with Crippen molar-refractivity contribution in [2.24, 2.45) is 5.92 Å². The van der Waals surface area contributed by atoms with Crippen molar-refractivity contribution in [1.29, 1.82) is 0 Å². The highest BCUT2D eigenvalue weighted by Gasteiger charge is 2.32. The maximum absolute atomic E-state index is 13.5. The summed E-state index contributed by atoms with van der Waals surface area (Å²) in [7, 11) is 0. The summed E-state index contributed by atoms with van der Waals surface area (Å²) in [5.74, 6) is 0.107. The van der Waals surface area contributed by atoms with Gasteiger partial charge in [-0.3, -0.25) is 20.4 Å². The number of hydrogen-bond acceptors (Lipinski definition) is 4. The first-order chi connectivity index (χ1) is 19.5. The summed E-state index contributed by atoms with van der Waals surface area (Å²) in [4.78, 5) is 31.6. The number of hydrogen-bond donors (Lipinski definition) is 2. The molecule has 6 rings (SSSR count). The summed E-state index contributed by atoms with van der Waals surface area (Å²) in [6.07, 6.45) is 4.45. The number of para-hydroxylation sites is 2. The molecule has 1 saturated carbocycles. The van der Waals surface area contributed by atoms with Crippen molar-refractivity contribution < 1.29 is 4.79 Å². The van der Waals surface area contributed by atoms with Gasteiger partial charge in [0.05, 0.1) is 22.5 Å². The number of nitrogens with zero attached hydrogens (tertiary/aromatic N) is 2. The van der Waals surface area contributed by atoms with Crippen LogP contribution in [0, 0.1) is 19.8 Å². The molecule has 0 saturated heterocycles. The first-order valence-corrected chi connectivity index (χ1v) is 14.1. The summed E-state index contributed by atoms with van der Waals surface area (Å²) >= 11 is 0. The number of anilines is 1. The number of rotatable bonds is 7. The van der Waals surface area contributed by atoms with Crippen molar-refractivity contribution in [3.63, 3.8) is 0 Å². The van der Waals surface area contributed by atoms with Crippen LogP contribution in [0.25, 0.3) is 21.9 Å². The maximum Gasteiger partial charge on any atom is 0.246 e. The second kappa shape index (κ2) is 11.0. The summed E-state index contributed by atoms with van der Waals surface area (Å²) in [6.45, 7) is 4.52. The van der Waals surface area contributed by atoms with Gasteiger partial charge < -0.3 is 4.57 Å². The smallest absolute Gasteiger partial charge is 0.246 e. The van der Waals surface area contributed by atoms with Crippen LogP contribution < -0.4 is 16.3 Å². The zero-order chi connectivity index (χ0) is 27.6. The van der Waals surface area contributed by atoms with Gasteiger partial charge in [0.1, 0.15) is 5.65 Å². The fourth-order valence-electron chi connectivity index (χ4n) is 6.28. The third kappa shape index (κ3) is 4.97. The minimum Gasteiger partial charge on any atom is -0.321 e. The van der Waals surface area contributed by atoms with Gasteiger partial charge in [0.25, 0.3) is 0 Å². The maximum atomic E-state index is 13.5. The third-order valence-electron chi connectivity index (χ3n) is 8.18. The van der Waals surface area contributed by atoms with Crippen molar-refractivity contribution in [3.05, 3.63) is 118 Å². The van der Waals surface area contributed by atoms with Crippen molar-refractivity contribution in [2.45, 2.75) is 52.0 Å². The Morgan fingerprint density at radius 1 is 0.950 bits per heavy atom. The van der Waals surface area contributed by atoms with Crippen LogP contribution in [0.4, 0.5) is 5.69 Å². The molecule has 0 bridgehead atoms. The third-order valence-corrected chi connectivity index (χ3v) is 8.18. The molecule has 2 N–H and O–H groups in total. The van der Waals surface area contributed by atoms with Crippen LogP contribution in [0.3, 0.4) is 0 Å². The van der Waals surface area contributed by atoms with Crippen LogP contribution >= 0.6 is 0 Å². The Bertz CT molecular complexity index is 1740. The first-order valence-electron chi connectivity index (χ1n) is 14.1. The molecule has 40 heavy (non-hydrogen) atoms. The van der Waals surface area contributed by atoms with Gasteiger partial charge in [-0.15, -0.1) is 0 Å². The molecule has 3 aromatic carbocycles. The number of hydrazine groups is 1. The molecule has 1 atom stereocenters. The molecule has 202 valence electrons. The van der Waals surface area contributed by atoms with Gasteiger partial charge in [0.15, 0.2) is 5.43 Å². The van der Waals surface area contributed by atoms with E-state index < -0.39 is 0 Å². The molecular weight excluding hydrogens is 496 g/mol. The van der Waals surface area contributed by atoms with Gasteiger partial charge in [-0.2, -0.15) is 0 Å². The number of carbonyl (C=O) groups is 1. The van der Waals surface area contributed by atoms with Crippen molar-refractivity contribution >= 4 is 33.5 Å². The molecule has 2 aromatic heterocycles. The lowest BCUT2D eigenvalue weighted by atomic mass is 9.84. The molecule has 0 aliphatic heterocycles. The number of amides is 1. The van der Waals surface area contributed by atoms with E-state index in [-0.39, 0.29) is 17.3 Å². The van der Waals surface area contributed by atoms with Gasteiger partial charge >= 0.3 is 0 Å². The lowest BCUT2D eigenvalue weighted by Gasteiger charge is -2.24. The van der Waals surface area contributed by atoms with Crippen LogP contribution in [0.1, 0.15) is 54.0 Å². The topological polar surface area (TPSA) is 76.0 Å². The lowest BCUT2D eigenvalue weighted by molar-refractivity contribution is -0.123. The highest BCUT2D eigenvalue weighted by atomic mass is 16.2. The average Bonchev–Trinajstić information content (AvgIpc) is 3.50. The molecule has 1 unspecified atom stereocenters. The minimum absolute atomic E-state index is 0.00366. The van der Waals surface area contributed by atoms with E-state index >= 15 is 0 Å². The van der Waals surface area contributed by atoms with E-state index in [2.05, 4.69) is 39.7 Å². The van der Waals surface area contributed by atoms with Crippen molar-refractivity contribution in [1.82, 2.24) is 15.0 Å². The quantitative estimate of drug-likeness (QED) is 0.183. The van der Waals surface area contributed by atoms with E-state index in [0.29, 0.717) is 28.9 Å². The molecule has 0 radical (unpaired) electrons. The second-order valence-electron chi connectivity index (χ2n) is 11.0. The SMILES string of the molecule is Cc1cc(C)c2c(=O)c3ccccc3n(Cc3ccc(C(C(=O)NNc4ccccc4)C4CCCC4)cc3)c2n1. The van der Waals surface area contributed by atoms with E-state index in [4.69, 9.17) is 4.98 Å². The van der Waals surface area contributed by atoms with Gasteiger partial charge in [-0.25, -0.2) is 4.98 Å². The Morgan fingerprint density at radius 3 is 2.40 bits per heavy atom.